The van der Waals surface area contributed by atoms with Crippen molar-refractivity contribution >= 4 is 11.5 Å². The maximum absolute atomic E-state index is 12.7. The number of anilines is 1. The predicted octanol–water partition coefficient (Wildman–Crippen LogP) is 3.83. The Balaban J connectivity index is 1.26. The highest BCUT2D eigenvalue weighted by atomic mass is 19.4. The van der Waals surface area contributed by atoms with Crippen LogP contribution in [0.1, 0.15) is 22.3 Å². The number of alkyl halides is 3. The maximum Gasteiger partial charge on any atom is 0.416 e. The van der Waals surface area contributed by atoms with E-state index in [0.717, 1.165) is 30.9 Å². The molecule has 0 spiro atoms. The van der Waals surface area contributed by atoms with Gasteiger partial charge in [-0.2, -0.15) is 13.2 Å². The molecule has 0 amide bonds. The Bertz CT molecular complexity index is 876. The van der Waals surface area contributed by atoms with Crippen molar-refractivity contribution in [2.24, 2.45) is 0 Å². The van der Waals surface area contributed by atoms with Crippen LogP contribution < -0.4 is 14.4 Å². The van der Waals surface area contributed by atoms with Gasteiger partial charge in [-0.3, -0.25) is 9.69 Å². The Kier molecular flexibility index (Phi) is 5.36. The lowest BCUT2D eigenvalue weighted by Crippen LogP contribution is -2.46. The highest BCUT2D eigenvalue weighted by molar-refractivity contribution is 5.96. The lowest BCUT2D eigenvalue weighted by Gasteiger charge is -2.36. The number of ketones is 1. The van der Waals surface area contributed by atoms with Gasteiger partial charge in [0.05, 0.1) is 5.56 Å². The van der Waals surface area contributed by atoms with Gasteiger partial charge in [-0.05, 0) is 42.5 Å². The molecule has 2 aromatic carbocycles. The quantitative estimate of drug-likeness (QED) is 0.706. The third-order valence-electron chi connectivity index (χ3n) is 5.28. The zero-order valence-corrected chi connectivity index (χ0v) is 15.7. The molecule has 1 fully saturated rings. The molecular weight excluding hydrogens is 385 g/mol. The van der Waals surface area contributed by atoms with Gasteiger partial charge in [0.15, 0.2) is 17.3 Å². The second kappa shape index (κ2) is 7.94. The van der Waals surface area contributed by atoms with Gasteiger partial charge in [0.1, 0.15) is 0 Å². The molecule has 2 aliphatic heterocycles. The smallest absolute Gasteiger partial charge is 0.416 e. The summed E-state index contributed by atoms with van der Waals surface area (Å²) in [6, 6.07) is 10.5. The monoisotopic (exact) mass is 406 g/mol. The van der Waals surface area contributed by atoms with Crippen molar-refractivity contribution in [2.75, 3.05) is 44.4 Å². The fourth-order valence-electron chi connectivity index (χ4n) is 3.56. The largest absolute Gasteiger partial charge is 0.454 e. The number of rotatable bonds is 5. The van der Waals surface area contributed by atoms with E-state index in [1.165, 1.54) is 12.1 Å². The molecule has 2 aliphatic rings. The van der Waals surface area contributed by atoms with Crippen LogP contribution in [-0.4, -0.2) is 50.2 Å². The third kappa shape index (κ3) is 4.48. The summed E-state index contributed by atoms with van der Waals surface area (Å²) in [6.45, 7) is 3.77. The van der Waals surface area contributed by atoms with Crippen molar-refractivity contribution in [2.45, 2.75) is 12.6 Å². The first-order valence-electron chi connectivity index (χ1n) is 9.47. The molecule has 8 heteroatoms. The summed E-state index contributed by atoms with van der Waals surface area (Å²) >= 11 is 0. The van der Waals surface area contributed by atoms with Gasteiger partial charge in [-0.15, -0.1) is 0 Å². The first-order chi connectivity index (χ1) is 13.9. The summed E-state index contributed by atoms with van der Waals surface area (Å²) in [5, 5.41) is 0. The summed E-state index contributed by atoms with van der Waals surface area (Å²) in [6.07, 6.45) is -3.92. The molecule has 0 N–H and O–H groups in total. The van der Waals surface area contributed by atoms with Crippen molar-refractivity contribution in [1.82, 2.24) is 4.90 Å². The molecule has 29 heavy (non-hydrogen) atoms. The number of carbonyl (C=O) groups excluding carboxylic acids is 1. The molecule has 0 aliphatic carbocycles. The number of carbonyl (C=O) groups is 1. The minimum absolute atomic E-state index is 0.0495. The molecule has 0 aromatic heterocycles. The molecule has 0 saturated carbocycles. The Morgan fingerprint density at radius 2 is 1.62 bits per heavy atom. The van der Waals surface area contributed by atoms with Crippen LogP contribution in [-0.2, 0) is 6.18 Å². The summed E-state index contributed by atoms with van der Waals surface area (Å²) in [4.78, 5) is 16.7. The number of halogens is 3. The van der Waals surface area contributed by atoms with Crippen molar-refractivity contribution < 1.29 is 27.4 Å². The lowest BCUT2D eigenvalue weighted by atomic mass is 10.1. The molecular formula is C21H21F3N2O3. The maximum atomic E-state index is 12.7. The van der Waals surface area contributed by atoms with Crippen LogP contribution in [0.2, 0.25) is 0 Å². The summed E-state index contributed by atoms with van der Waals surface area (Å²) in [7, 11) is 0. The van der Waals surface area contributed by atoms with Gasteiger partial charge in [0.25, 0.3) is 0 Å². The van der Waals surface area contributed by atoms with Crippen LogP contribution in [0.3, 0.4) is 0 Å². The van der Waals surface area contributed by atoms with E-state index in [1.54, 1.807) is 18.2 Å². The third-order valence-corrected chi connectivity index (χ3v) is 5.28. The highest BCUT2D eigenvalue weighted by Gasteiger charge is 2.30. The standard InChI is InChI=1S/C21H21F3N2O3/c22-21(23,24)16-2-4-17(5-3-16)26-11-9-25(10-12-26)8-7-18(27)15-1-6-19-20(13-15)29-14-28-19/h1-6,13H,7-12,14H2. The minimum atomic E-state index is -4.32. The van der Waals surface area contributed by atoms with Gasteiger partial charge in [-0.25, -0.2) is 0 Å². The predicted molar refractivity (Wildman–Crippen MR) is 102 cm³/mol. The number of benzene rings is 2. The molecule has 0 bridgehead atoms. The van der Waals surface area contributed by atoms with Crippen molar-refractivity contribution in [3.63, 3.8) is 0 Å². The normalized spacial score (nSPS) is 16.9. The molecule has 0 unspecified atom stereocenters. The summed E-state index contributed by atoms with van der Waals surface area (Å²) in [5.41, 5.74) is 0.758. The van der Waals surface area contributed by atoms with Gasteiger partial charge in [0, 0.05) is 50.4 Å². The molecule has 0 atom stereocenters. The fourth-order valence-corrected chi connectivity index (χ4v) is 3.56. The van der Waals surface area contributed by atoms with E-state index in [-0.39, 0.29) is 12.6 Å². The van der Waals surface area contributed by atoms with E-state index >= 15 is 0 Å². The zero-order chi connectivity index (χ0) is 20.4. The summed E-state index contributed by atoms with van der Waals surface area (Å²) in [5.74, 6) is 1.30. The summed E-state index contributed by atoms with van der Waals surface area (Å²) < 4.78 is 48.6. The number of piperazine rings is 1. The van der Waals surface area contributed by atoms with Crippen LogP contribution >= 0.6 is 0 Å². The Morgan fingerprint density at radius 1 is 0.931 bits per heavy atom. The molecule has 5 nitrogen and oxygen atoms in total. The van der Waals surface area contributed by atoms with Crippen molar-refractivity contribution in [3.05, 3.63) is 53.6 Å². The molecule has 154 valence electrons. The second-order valence-electron chi connectivity index (χ2n) is 7.11. The van der Waals surface area contributed by atoms with Gasteiger partial charge < -0.3 is 14.4 Å². The van der Waals surface area contributed by atoms with Crippen LogP contribution in [0.25, 0.3) is 0 Å². The molecule has 1 saturated heterocycles. The van der Waals surface area contributed by atoms with E-state index in [1.807, 2.05) is 0 Å². The Labute approximate surface area is 166 Å². The average molecular weight is 406 g/mol. The molecule has 2 aromatic rings. The van der Waals surface area contributed by atoms with Crippen molar-refractivity contribution in [1.29, 1.82) is 0 Å². The van der Waals surface area contributed by atoms with E-state index in [9.17, 15) is 18.0 Å². The van der Waals surface area contributed by atoms with Gasteiger partial charge >= 0.3 is 6.18 Å². The van der Waals surface area contributed by atoms with Gasteiger partial charge in [0.2, 0.25) is 6.79 Å². The number of hydrogen-bond acceptors (Lipinski definition) is 5. The SMILES string of the molecule is O=C(CCN1CCN(c2ccc(C(F)(F)F)cc2)CC1)c1ccc2c(c1)OCO2. The number of ether oxygens (including phenoxy) is 2. The lowest BCUT2D eigenvalue weighted by molar-refractivity contribution is -0.137. The Hall–Kier alpha value is -2.74. The number of Topliss-reactive ketones (excluding diaryl/α,β-unsaturated/α-hetero) is 1. The first kappa shape index (κ1) is 19.6. The minimum Gasteiger partial charge on any atom is -0.454 e. The molecule has 4 rings (SSSR count). The van der Waals surface area contributed by atoms with Crippen LogP contribution in [0, 0.1) is 0 Å². The second-order valence-corrected chi connectivity index (χ2v) is 7.11. The number of fused-ring (bicyclic) bond motifs is 1. The first-order valence-corrected chi connectivity index (χ1v) is 9.47. The van der Waals surface area contributed by atoms with Crippen LogP contribution in [0.4, 0.5) is 18.9 Å². The molecule has 2 heterocycles. The average Bonchev–Trinajstić information content (AvgIpc) is 3.20. The van der Waals surface area contributed by atoms with Crippen LogP contribution in [0.15, 0.2) is 42.5 Å². The van der Waals surface area contributed by atoms with Crippen LogP contribution in [0.5, 0.6) is 11.5 Å². The van der Waals surface area contributed by atoms with Crippen molar-refractivity contribution in [3.8, 4) is 11.5 Å². The van der Waals surface area contributed by atoms with E-state index < -0.39 is 11.7 Å². The molecule has 0 radical (unpaired) electrons. The van der Waals surface area contributed by atoms with E-state index in [0.29, 0.717) is 43.1 Å². The zero-order valence-electron chi connectivity index (χ0n) is 15.7. The number of nitrogens with zero attached hydrogens (tertiary/aromatic N) is 2. The fraction of sp³-hybridized carbons (Fsp3) is 0.381. The topological polar surface area (TPSA) is 42.0 Å². The Morgan fingerprint density at radius 3 is 2.31 bits per heavy atom. The van der Waals surface area contributed by atoms with E-state index in [4.69, 9.17) is 9.47 Å². The van der Waals surface area contributed by atoms with Gasteiger partial charge in [-0.1, -0.05) is 0 Å². The number of hydrogen-bond donors (Lipinski definition) is 0. The highest BCUT2D eigenvalue weighted by Crippen LogP contribution is 2.33. The van der Waals surface area contributed by atoms with E-state index in [2.05, 4.69) is 9.80 Å².